The van der Waals surface area contributed by atoms with Crippen molar-refractivity contribution in [1.82, 2.24) is 10.2 Å². The Balaban J connectivity index is 2.54. The minimum absolute atomic E-state index is 0.266. The lowest BCUT2D eigenvalue weighted by atomic mass is 10.2. The molecule has 0 aromatic carbocycles. The number of thioether (sulfide) groups is 1. The van der Waals surface area contributed by atoms with Crippen molar-refractivity contribution in [3.8, 4) is 0 Å². The number of rotatable bonds is 3. The number of hydrogen-bond donors (Lipinski definition) is 2. The lowest BCUT2D eigenvalue weighted by Crippen LogP contribution is -2.52. The van der Waals surface area contributed by atoms with E-state index in [4.69, 9.17) is 5.11 Å². The molecule has 0 saturated carbocycles. The zero-order valence-electron chi connectivity index (χ0n) is 10.5. The molecule has 5 nitrogen and oxygen atoms in total. The van der Waals surface area contributed by atoms with E-state index >= 15 is 0 Å². The minimum atomic E-state index is -0.978. The summed E-state index contributed by atoms with van der Waals surface area (Å²) < 4.78 is 0. The van der Waals surface area contributed by atoms with Crippen molar-refractivity contribution in [2.75, 3.05) is 13.1 Å². The Morgan fingerprint density at radius 2 is 1.94 bits per heavy atom. The molecule has 2 N–H and O–H groups in total. The smallest absolute Gasteiger partial charge is 0.326 e. The highest BCUT2D eigenvalue weighted by atomic mass is 32.2. The standard InChI is InChI=1S/C11H20N2O3S/c1-4-9(10(14)15)12-11(16)13-5-7(2)17-8(3)6-13/h7-9H,4-6H2,1-3H3,(H,12,16)(H,14,15)/t7?,8?,9-/m1/s1. The van der Waals surface area contributed by atoms with Gasteiger partial charge in [0.25, 0.3) is 0 Å². The molecule has 0 bridgehead atoms. The quantitative estimate of drug-likeness (QED) is 0.804. The zero-order chi connectivity index (χ0) is 13.0. The second kappa shape index (κ2) is 6.14. The van der Waals surface area contributed by atoms with Crippen LogP contribution < -0.4 is 5.32 Å². The lowest BCUT2D eigenvalue weighted by Gasteiger charge is -2.35. The van der Waals surface area contributed by atoms with Gasteiger partial charge in [-0.05, 0) is 6.42 Å². The van der Waals surface area contributed by atoms with Crippen LogP contribution in [0.1, 0.15) is 27.2 Å². The topological polar surface area (TPSA) is 69.6 Å². The SMILES string of the molecule is CC[C@@H](NC(=O)N1CC(C)SC(C)C1)C(=O)O. The number of aliphatic carboxylic acids is 1. The maximum absolute atomic E-state index is 11.9. The average molecular weight is 260 g/mol. The van der Waals surface area contributed by atoms with Crippen LogP contribution in [0.4, 0.5) is 4.79 Å². The molecule has 2 unspecified atom stereocenters. The van der Waals surface area contributed by atoms with E-state index in [0.29, 0.717) is 30.0 Å². The fraction of sp³-hybridized carbons (Fsp3) is 0.818. The van der Waals surface area contributed by atoms with Crippen LogP contribution in [-0.2, 0) is 4.79 Å². The van der Waals surface area contributed by atoms with E-state index in [1.807, 2.05) is 11.8 Å². The Hall–Kier alpha value is -0.910. The normalized spacial score (nSPS) is 26.4. The Morgan fingerprint density at radius 3 is 2.35 bits per heavy atom. The first-order valence-electron chi connectivity index (χ1n) is 5.87. The van der Waals surface area contributed by atoms with Crippen LogP contribution in [0.5, 0.6) is 0 Å². The Kier molecular flexibility index (Phi) is 5.11. The highest BCUT2D eigenvalue weighted by Gasteiger charge is 2.28. The van der Waals surface area contributed by atoms with Crippen LogP contribution in [0.25, 0.3) is 0 Å². The Bertz CT molecular complexity index is 288. The van der Waals surface area contributed by atoms with Crippen LogP contribution >= 0.6 is 11.8 Å². The number of nitrogens with one attached hydrogen (secondary N) is 1. The molecule has 98 valence electrons. The highest BCUT2D eigenvalue weighted by Crippen LogP contribution is 2.24. The molecule has 6 heteroatoms. The van der Waals surface area contributed by atoms with Gasteiger partial charge in [0.05, 0.1) is 0 Å². The molecule has 3 atom stereocenters. The maximum Gasteiger partial charge on any atom is 0.326 e. The van der Waals surface area contributed by atoms with Gasteiger partial charge in [0.15, 0.2) is 0 Å². The van der Waals surface area contributed by atoms with Gasteiger partial charge in [-0.2, -0.15) is 11.8 Å². The fourth-order valence-electron chi connectivity index (χ4n) is 1.92. The van der Waals surface area contributed by atoms with Gasteiger partial charge in [0.1, 0.15) is 6.04 Å². The van der Waals surface area contributed by atoms with Crippen molar-refractivity contribution in [1.29, 1.82) is 0 Å². The molecule has 1 aliphatic heterocycles. The molecule has 0 radical (unpaired) electrons. The highest BCUT2D eigenvalue weighted by molar-refractivity contribution is 8.00. The number of carboxylic acid groups (broad SMARTS) is 1. The van der Waals surface area contributed by atoms with Crippen LogP contribution in [0.15, 0.2) is 0 Å². The Labute approximate surface area is 106 Å². The van der Waals surface area contributed by atoms with Crippen molar-refractivity contribution in [2.24, 2.45) is 0 Å². The number of hydrogen-bond acceptors (Lipinski definition) is 3. The van der Waals surface area contributed by atoms with Crippen molar-refractivity contribution >= 4 is 23.8 Å². The first kappa shape index (κ1) is 14.2. The van der Waals surface area contributed by atoms with Gasteiger partial charge in [-0.15, -0.1) is 0 Å². The first-order valence-corrected chi connectivity index (χ1v) is 6.82. The van der Waals surface area contributed by atoms with Gasteiger partial charge < -0.3 is 15.3 Å². The van der Waals surface area contributed by atoms with Crippen molar-refractivity contribution in [3.63, 3.8) is 0 Å². The van der Waals surface area contributed by atoms with Crippen molar-refractivity contribution in [3.05, 3.63) is 0 Å². The van der Waals surface area contributed by atoms with Crippen LogP contribution in [-0.4, -0.2) is 51.6 Å². The fourth-order valence-corrected chi connectivity index (χ4v) is 3.25. The summed E-state index contributed by atoms with van der Waals surface area (Å²) in [5.41, 5.74) is 0. The largest absolute Gasteiger partial charge is 0.480 e. The summed E-state index contributed by atoms with van der Waals surface area (Å²) in [6.45, 7) is 7.26. The molecule has 1 fully saturated rings. The molecule has 17 heavy (non-hydrogen) atoms. The number of urea groups is 1. The molecule has 2 amide bonds. The van der Waals surface area contributed by atoms with Crippen LogP contribution in [0.2, 0.25) is 0 Å². The van der Waals surface area contributed by atoms with E-state index in [0.717, 1.165) is 0 Å². The molecular weight excluding hydrogens is 240 g/mol. The van der Waals surface area contributed by atoms with Crippen molar-refractivity contribution in [2.45, 2.75) is 43.7 Å². The predicted molar refractivity (Wildman–Crippen MR) is 68.3 cm³/mol. The summed E-state index contributed by atoms with van der Waals surface area (Å²) in [5.74, 6) is -0.978. The molecule has 1 aliphatic rings. The predicted octanol–water partition coefficient (Wildman–Crippen LogP) is 1.38. The van der Waals surface area contributed by atoms with Crippen LogP contribution in [0.3, 0.4) is 0 Å². The molecule has 1 heterocycles. The summed E-state index contributed by atoms with van der Waals surface area (Å²) in [7, 11) is 0. The van der Waals surface area contributed by atoms with Crippen molar-refractivity contribution < 1.29 is 14.7 Å². The average Bonchev–Trinajstić information content (AvgIpc) is 2.23. The summed E-state index contributed by atoms with van der Waals surface area (Å²) in [6, 6.07) is -1.05. The number of nitrogens with zero attached hydrogens (tertiary/aromatic N) is 1. The molecule has 0 aromatic rings. The molecule has 0 aliphatic carbocycles. The van der Waals surface area contributed by atoms with E-state index in [-0.39, 0.29) is 6.03 Å². The number of amides is 2. The Morgan fingerprint density at radius 1 is 1.41 bits per heavy atom. The van der Waals surface area contributed by atoms with Gasteiger partial charge in [-0.25, -0.2) is 9.59 Å². The first-order chi connectivity index (χ1) is 7.93. The number of carbonyl (C=O) groups is 2. The molecule has 1 rings (SSSR count). The van der Waals surface area contributed by atoms with E-state index in [2.05, 4.69) is 19.2 Å². The van der Waals surface area contributed by atoms with E-state index in [1.54, 1.807) is 11.8 Å². The summed E-state index contributed by atoms with van der Waals surface area (Å²) >= 11 is 1.86. The third-order valence-corrected chi connectivity index (χ3v) is 3.94. The summed E-state index contributed by atoms with van der Waals surface area (Å²) in [6.07, 6.45) is 0.398. The maximum atomic E-state index is 11.9. The zero-order valence-corrected chi connectivity index (χ0v) is 11.3. The van der Waals surface area contributed by atoms with Gasteiger partial charge in [-0.3, -0.25) is 0 Å². The van der Waals surface area contributed by atoms with E-state index in [1.165, 1.54) is 0 Å². The summed E-state index contributed by atoms with van der Waals surface area (Å²) in [5, 5.41) is 12.2. The van der Waals surface area contributed by atoms with E-state index < -0.39 is 12.0 Å². The van der Waals surface area contributed by atoms with Gasteiger partial charge in [-0.1, -0.05) is 20.8 Å². The summed E-state index contributed by atoms with van der Waals surface area (Å²) in [4.78, 5) is 24.5. The van der Waals surface area contributed by atoms with Crippen LogP contribution in [0, 0.1) is 0 Å². The minimum Gasteiger partial charge on any atom is -0.480 e. The number of carboxylic acids is 1. The third-order valence-electron chi connectivity index (χ3n) is 2.71. The second-order valence-electron chi connectivity index (χ2n) is 4.41. The molecular formula is C11H20N2O3S. The molecule has 1 saturated heterocycles. The number of carbonyl (C=O) groups excluding carboxylic acids is 1. The van der Waals surface area contributed by atoms with Gasteiger partial charge in [0, 0.05) is 23.6 Å². The van der Waals surface area contributed by atoms with E-state index in [9.17, 15) is 9.59 Å². The monoisotopic (exact) mass is 260 g/mol. The molecule has 0 aromatic heterocycles. The second-order valence-corrected chi connectivity index (χ2v) is 6.29. The lowest BCUT2D eigenvalue weighted by molar-refractivity contribution is -0.139. The van der Waals surface area contributed by atoms with Gasteiger partial charge >= 0.3 is 12.0 Å². The van der Waals surface area contributed by atoms with Gasteiger partial charge in [0.2, 0.25) is 0 Å². The third kappa shape index (κ3) is 4.11. The molecule has 0 spiro atoms.